The molecule has 0 bridgehead atoms. The lowest BCUT2D eigenvalue weighted by atomic mass is 10.1. The van der Waals surface area contributed by atoms with Crippen molar-refractivity contribution in [1.29, 1.82) is 0 Å². The molecule has 1 atom stereocenters. The van der Waals surface area contributed by atoms with Gasteiger partial charge in [-0.05, 0) is 36.9 Å². The molecule has 8 heteroatoms. The summed E-state index contributed by atoms with van der Waals surface area (Å²) in [5, 5.41) is 0.923. The van der Waals surface area contributed by atoms with Crippen LogP contribution in [0.3, 0.4) is 0 Å². The summed E-state index contributed by atoms with van der Waals surface area (Å²) in [6, 6.07) is 2.28. The summed E-state index contributed by atoms with van der Waals surface area (Å²) in [5.74, 6) is 0. The van der Waals surface area contributed by atoms with E-state index in [4.69, 9.17) is 0 Å². The molecule has 0 aliphatic heterocycles. The van der Waals surface area contributed by atoms with Gasteiger partial charge in [-0.25, -0.2) is 8.42 Å². The molecule has 0 spiro atoms. The van der Waals surface area contributed by atoms with E-state index in [2.05, 4.69) is 4.98 Å². The molecule has 0 saturated carbocycles. The first kappa shape index (κ1) is 15.7. The Labute approximate surface area is 120 Å². The summed E-state index contributed by atoms with van der Waals surface area (Å²) in [5.41, 5.74) is 0.815. The average molecular weight is 318 g/mol. The number of sulfonamides is 1. The fourth-order valence-corrected chi connectivity index (χ4v) is 3.34. The third-order valence-corrected chi connectivity index (χ3v) is 4.71. The second-order valence-electron chi connectivity index (χ2n) is 4.69. The number of pyridine rings is 1. The van der Waals surface area contributed by atoms with Crippen LogP contribution in [0.1, 0.15) is 12.5 Å². The quantitative estimate of drug-likeness (QED) is 0.946. The zero-order valence-corrected chi connectivity index (χ0v) is 12.1. The van der Waals surface area contributed by atoms with E-state index in [-0.39, 0.29) is 4.90 Å². The van der Waals surface area contributed by atoms with Crippen molar-refractivity contribution in [3.63, 3.8) is 0 Å². The van der Waals surface area contributed by atoms with E-state index in [1.807, 2.05) is 0 Å². The Morgan fingerprint density at radius 3 is 2.48 bits per heavy atom. The summed E-state index contributed by atoms with van der Waals surface area (Å²) in [4.78, 5) is 3.63. The van der Waals surface area contributed by atoms with Gasteiger partial charge in [0.2, 0.25) is 10.0 Å². The minimum absolute atomic E-state index is 0.215. The molecule has 0 unspecified atom stereocenters. The first-order valence-corrected chi connectivity index (χ1v) is 7.53. The number of alkyl halides is 3. The lowest BCUT2D eigenvalue weighted by molar-refractivity contribution is -0.147. The van der Waals surface area contributed by atoms with Crippen LogP contribution in [0.4, 0.5) is 13.2 Å². The Morgan fingerprint density at radius 2 is 1.86 bits per heavy atom. The van der Waals surface area contributed by atoms with Crippen LogP contribution in [-0.2, 0) is 10.0 Å². The minimum atomic E-state index is -4.65. The third-order valence-electron chi connectivity index (χ3n) is 3.11. The molecule has 4 nitrogen and oxygen atoms in total. The van der Waals surface area contributed by atoms with Crippen LogP contribution in [0.25, 0.3) is 10.8 Å². The standard InChI is InChI=1S/C13H13F3N2O2S/c1-8-3-4-12(11-7-17-6-5-10(8)11)21(19,20)18-9(2)13(14,15)16/h3-7,9,18H,1-2H3/t9-/m0/s1. The van der Waals surface area contributed by atoms with Crippen molar-refractivity contribution in [3.8, 4) is 0 Å². The largest absolute Gasteiger partial charge is 0.404 e. The van der Waals surface area contributed by atoms with E-state index in [0.29, 0.717) is 10.8 Å². The van der Waals surface area contributed by atoms with Crippen molar-refractivity contribution in [2.75, 3.05) is 0 Å². The van der Waals surface area contributed by atoms with Crippen molar-refractivity contribution in [1.82, 2.24) is 9.71 Å². The molecule has 114 valence electrons. The summed E-state index contributed by atoms with van der Waals surface area (Å²) in [6.07, 6.45) is -1.82. The molecule has 2 rings (SSSR count). The molecule has 1 aromatic carbocycles. The van der Waals surface area contributed by atoms with Crippen molar-refractivity contribution in [3.05, 3.63) is 36.2 Å². The summed E-state index contributed by atoms with van der Waals surface area (Å²) >= 11 is 0. The predicted octanol–water partition coefficient (Wildman–Crippen LogP) is 2.77. The van der Waals surface area contributed by atoms with Crippen LogP contribution in [0, 0.1) is 6.92 Å². The van der Waals surface area contributed by atoms with Crippen LogP contribution in [0.2, 0.25) is 0 Å². The number of aromatic nitrogens is 1. The number of fused-ring (bicyclic) bond motifs is 1. The zero-order valence-electron chi connectivity index (χ0n) is 11.3. The number of hydrogen-bond acceptors (Lipinski definition) is 3. The van der Waals surface area contributed by atoms with Gasteiger partial charge in [0, 0.05) is 17.8 Å². The van der Waals surface area contributed by atoms with Gasteiger partial charge in [-0.2, -0.15) is 17.9 Å². The molecule has 1 aromatic heterocycles. The molecular formula is C13H13F3N2O2S. The Hall–Kier alpha value is -1.67. The highest BCUT2D eigenvalue weighted by molar-refractivity contribution is 7.89. The molecule has 1 heterocycles. The van der Waals surface area contributed by atoms with Gasteiger partial charge in [-0.1, -0.05) is 6.07 Å². The molecule has 0 radical (unpaired) electrons. The molecule has 0 amide bonds. The van der Waals surface area contributed by atoms with E-state index >= 15 is 0 Å². The van der Waals surface area contributed by atoms with Gasteiger partial charge in [0.15, 0.2) is 0 Å². The zero-order chi connectivity index (χ0) is 15.8. The highest BCUT2D eigenvalue weighted by Gasteiger charge is 2.39. The van der Waals surface area contributed by atoms with Gasteiger partial charge in [-0.3, -0.25) is 4.98 Å². The van der Waals surface area contributed by atoms with Crippen LogP contribution in [0.5, 0.6) is 0 Å². The Balaban J connectivity index is 2.54. The lowest BCUT2D eigenvalue weighted by Gasteiger charge is -2.18. The third kappa shape index (κ3) is 3.16. The second kappa shape index (κ2) is 5.27. The lowest BCUT2D eigenvalue weighted by Crippen LogP contribution is -2.43. The molecule has 2 aromatic rings. The predicted molar refractivity (Wildman–Crippen MR) is 72.3 cm³/mol. The van der Waals surface area contributed by atoms with Gasteiger partial charge in [-0.15, -0.1) is 0 Å². The highest BCUT2D eigenvalue weighted by Crippen LogP contribution is 2.27. The number of rotatable bonds is 3. The van der Waals surface area contributed by atoms with Gasteiger partial charge in [0.25, 0.3) is 0 Å². The second-order valence-corrected chi connectivity index (χ2v) is 6.37. The Morgan fingerprint density at radius 1 is 1.19 bits per heavy atom. The molecule has 1 N–H and O–H groups in total. The number of benzene rings is 1. The number of nitrogens with zero attached hydrogens (tertiary/aromatic N) is 1. The molecule has 21 heavy (non-hydrogen) atoms. The number of hydrogen-bond donors (Lipinski definition) is 1. The number of halogens is 3. The first-order chi connectivity index (χ1) is 9.63. The van der Waals surface area contributed by atoms with E-state index in [0.717, 1.165) is 12.5 Å². The SMILES string of the molecule is Cc1ccc(S(=O)(=O)N[C@@H](C)C(F)(F)F)c2cnccc12. The molecule has 0 aliphatic rings. The average Bonchev–Trinajstić information content (AvgIpc) is 2.37. The molecule has 0 saturated heterocycles. The number of nitrogens with one attached hydrogen (secondary N) is 1. The monoisotopic (exact) mass is 318 g/mol. The van der Waals surface area contributed by atoms with E-state index in [1.165, 1.54) is 18.5 Å². The molecular weight excluding hydrogens is 305 g/mol. The number of aryl methyl sites for hydroxylation is 1. The Kier molecular flexibility index (Phi) is 3.94. The van der Waals surface area contributed by atoms with Crippen molar-refractivity contribution >= 4 is 20.8 Å². The minimum Gasteiger partial charge on any atom is -0.264 e. The van der Waals surface area contributed by atoms with Crippen molar-refractivity contribution in [2.24, 2.45) is 0 Å². The summed E-state index contributed by atoms with van der Waals surface area (Å²) < 4.78 is 63.6. The maximum Gasteiger partial charge on any atom is 0.404 e. The fourth-order valence-electron chi connectivity index (χ4n) is 1.91. The maximum absolute atomic E-state index is 12.5. The summed E-state index contributed by atoms with van der Waals surface area (Å²) in [6.45, 7) is 2.54. The molecule has 0 fully saturated rings. The van der Waals surface area contributed by atoms with E-state index in [9.17, 15) is 21.6 Å². The van der Waals surface area contributed by atoms with Crippen LogP contribution in [-0.4, -0.2) is 25.6 Å². The van der Waals surface area contributed by atoms with Gasteiger partial charge in [0.05, 0.1) is 4.90 Å². The van der Waals surface area contributed by atoms with Crippen LogP contribution < -0.4 is 4.72 Å². The maximum atomic E-state index is 12.5. The van der Waals surface area contributed by atoms with Gasteiger partial charge < -0.3 is 0 Å². The topological polar surface area (TPSA) is 59.1 Å². The highest BCUT2D eigenvalue weighted by atomic mass is 32.2. The van der Waals surface area contributed by atoms with Crippen molar-refractivity contribution < 1.29 is 21.6 Å². The first-order valence-electron chi connectivity index (χ1n) is 6.05. The van der Waals surface area contributed by atoms with E-state index in [1.54, 1.807) is 23.8 Å². The van der Waals surface area contributed by atoms with Crippen LogP contribution >= 0.6 is 0 Å². The smallest absolute Gasteiger partial charge is 0.264 e. The van der Waals surface area contributed by atoms with Crippen LogP contribution in [0.15, 0.2) is 35.5 Å². The van der Waals surface area contributed by atoms with Gasteiger partial charge >= 0.3 is 6.18 Å². The normalized spacial score (nSPS) is 14.3. The van der Waals surface area contributed by atoms with Crippen molar-refractivity contribution in [2.45, 2.75) is 31.0 Å². The fraction of sp³-hybridized carbons (Fsp3) is 0.308. The summed E-state index contributed by atoms with van der Waals surface area (Å²) in [7, 11) is -4.30. The Bertz CT molecular complexity index is 773. The van der Waals surface area contributed by atoms with Gasteiger partial charge in [0.1, 0.15) is 6.04 Å². The molecule has 0 aliphatic carbocycles. The van der Waals surface area contributed by atoms with E-state index < -0.39 is 22.2 Å².